The van der Waals surface area contributed by atoms with Gasteiger partial charge in [-0.1, -0.05) is 24.3 Å². The van der Waals surface area contributed by atoms with Gasteiger partial charge in [-0.15, -0.1) is 0 Å². The number of aliphatic hydroxyl groups is 1. The molecule has 0 saturated heterocycles. The van der Waals surface area contributed by atoms with Gasteiger partial charge in [-0.3, -0.25) is 4.79 Å². The summed E-state index contributed by atoms with van der Waals surface area (Å²) in [6.07, 6.45) is -0.0299. The van der Waals surface area contributed by atoms with Crippen LogP contribution >= 0.6 is 0 Å². The number of carbonyl (C=O) groups is 1. The van der Waals surface area contributed by atoms with Crippen molar-refractivity contribution < 1.29 is 24.1 Å². The summed E-state index contributed by atoms with van der Waals surface area (Å²) in [4.78, 5) is 19.1. The summed E-state index contributed by atoms with van der Waals surface area (Å²) in [6.45, 7) is -0.355. The van der Waals surface area contributed by atoms with Crippen LogP contribution in [0.4, 0.5) is 0 Å². The third-order valence-corrected chi connectivity index (χ3v) is 4.03. The maximum Gasteiger partial charge on any atom is 0.309 e. The first-order chi connectivity index (χ1) is 14.1. The Morgan fingerprint density at radius 2 is 1.90 bits per heavy atom. The Balaban J connectivity index is 1.56. The zero-order chi connectivity index (χ0) is 20.6. The van der Waals surface area contributed by atoms with E-state index < -0.39 is 12.6 Å². The van der Waals surface area contributed by atoms with Crippen molar-refractivity contribution in [3.63, 3.8) is 0 Å². The lowest BCUT2D eigenvalue weighted by Gasteiger charge is -2.10. The van der Waals surface area contributed by atoms with E-state index >= 15 is 0 Å². The topological polar surface area (TPSA) is 117 Å². The number of imidazole rings is 1. The van der Waals surface area contributed by atoms with Crippen LogP contribution in [0.5, 0.6) is 11.5 Å². The number of esters is 1. The number of nitriles is 1. The number of ether oxygens (including phenoxy) is 3. The molecule has 29 heavy (non-hydrogen) atoms. The number of fused-ring (bicyclic) bond motifs is 1. The Bertz CT molecular complexity index is 1050. The van der Waals surface area contributed by atoms with Crippen LogP contribution in [0.25, 0.3) is 16.6 Å². The molecule has 3 aromatic rings. The Morgan fingerprint density at radius 1 is 1.17 bits per heavy atom. The zero-order valence-electron chi connectivity index (χ0n) is 15.7. The first kappa shape index (κ1) is 19.8. The summed E-state index contributed by atoms with van der Waals surface area (Å²) in [5.41, 5.74) is 1.31. The monoisotopic (exact) mass is 393 g/mol. The summed E-state index contributed by atoms with van der Waals surface area (Å²) < 4.78 is 15.7. The number of carbonyl (C=O) groups excluding carboxylic acids is 1. The Labute approximate surface area is 167 Å². The van der Waals surface area contributed by atoms with Crippen molar-refractivity contribution >= 4 is 22.6 Å². The molecule has 8 heteroatoms. The normalized spacial score (nSPS) is 11.4. The molecule has 0 aliphatic carbocycles. The summed E-state index contributed by atoms with van der Waals surface area (Å²) in [7, 11) is 1.53. The molecule has 3 rings (SSSR count). The first-order valence-corrected chi connectivity index (χ1v) is 8.81. The van der Waals surface area contributed by atoms with Gasteiger partial charge in [-0.25, -0.2) is 4.98 Å². The fourth-order valence-electron chi connectivity index (χ4n) is 2.60. The Morgan fingerprint density at radius 3 is 2.62 bits per heavy atom. The standard InChI is InChI=1S/C21H19N3O5/c1-27-18-8-4-5-9-19(18)28-11-10-20(26)29-13-17(25)14(12-22)21-23-15-6-2-3-7-16(15)24-21/h2-9,25H,10-11,13H2,1H3,(H,23,24)/b17-14-. The van der Waals surface area contributed by atoms with Gasteiger partial charge in [-0.05, 0) is 24.3 Å². The van der Waals surface area contributed by atoms with Crippen LogP contribution in [0, 0.1) is 11.3 Å². The van der Waals surface area contributed by atoms with Gasteiger partial charge in [0, 0.05) is 0 Å². The van der Waals surface area contributed by atoms with Gasteiger partial charge in [0.1, 0.15) is 18.2 Å². The SMILES string of the molecule is COc1ccccc1OCCC(=O)OC/C(O)=C(\C#N)c1nc2ccccc2[nH]1. The predicted molar refractivity (Wildman–Crippen MR) is 105 cm³/mol. The highest BCUT2D eigenvalue weighted by Gasteiger charge is 2.15. The molecule has 148 valence electrons. The number of aromatic nitrogens is 2. The quantitative estimate of drug-likeness (QED) is 0.342. The van der Waals surface area contributed by atoms with Crippen molar-refractivity contribution in [1.82, 2.24) is 9.97 Å². The molecule has 8 nitrogen and oxygen atoms in total. The van der Waals surface area contributed by atoms with Crippen molar-refractivity contribution in [2.75, 3.05) is 20.3 Å². The highest BCUT2D eigenvalue weighted by atomic mass is 16.5. The smallest absolute Gasteiger partial charge is 0.309 e. The van der Waals surface area contributed by atoms with E-state index in [9.17, 15) is 15.2 Å². The second-order valence-corrected chi connectivity index (χ2v) is 5.95. The number of nitrogens with one attached hydrogen (secondary N) is 1. The number of aromatic amines is 1. The molecule has 0 amide bonds. The van der Waals surface area contributed by atoms with Gasteiger partial charge >= 0.3 is 5.97 Å². The zero-order valence-corrected chi connectivity index (χ0v) is 15.7. The molecule has 0 spiro atoms. The van der Waals surface area contributed by atoms with Crippen molar-refractivity contribution in [2.24, 2.45) is 0 Å². The third kappa shape index (κ3) is 4.84. The van der Waals surface area contributed by atoms with E-state index in [4.69, 9.17) is 14.2 Å². The number of benzene rings is 2. The van der Waals surface area contributed by atoms with Gasteiger partial charge in [0.2, 0.25) is 0 Å². The highest BCUT2D eigenvalue weighted by Crippen LogP contribution is 2.25. The molecule has 1 heterocycles. The van der Waals surface area contributed by atoms with E-state index in [2.05, 4.69) is 9.97 Å². The first-order valence-electron chi connectivity index (χ1n) is 8.81. The van der Waals surface area contributed by atoms with Crippen LogP contribution in [-0.4, -0.2) is 41.4 Å². The van der Waals surface area contributed by atoms with Crippen molar-refractivity contribution in [3.8, 4) is 17.6 Å². The second-order valence-electron chi connectivity index (χ2n) is 5.95. The molecule has 0 bridgehead atoms. The largest absolute Gasteiger partial charge is 0.507 e. The molecule has 0 atom stereocenters. The molecule has 0 fully saturated rings. The van der Waals surface area contributed by atoms with Crippen LogP contribution in [0.1, 0.15) is 12.2 Å². The number of rotatable bonds is 8. The molecular formula is C21H19N3O5. The molecule has 0 radical (unpaired) electrons. The van der Waals surface area contributed by atoms with Crippen molar-refractivity contribution in [1.29, 1.82) is 5.26 Å². The Hall–Kier alpha value is -3.99. The van der Waals surface area contributed by atoms with E-state index in [0.717, 1.165) is 5.52 Å². The average Bonchev–Trinajstić information content (AvgIpc) is 3.16. The number of nitrogens with zero attached hydrogens (tertiary/aromatic N) is 2. The average molecular weight is 393 g/mol. The van der Waals surface area contributed by atoms with Crippen LogP contribution in [0.3, 0.4) is 0 Å². The van der Waals surface area contributed by atoms with Crippen LogP contribution < -0.4 is 9.47 Å². The number of H-pyrrole nitrogens is 1. The summed E-state index contributed by atoms with van der Waals surface area (Å²) in [5.74, 6) is 0.328. The van der Waals surface area contributed by atoms with Crippen LogP contribution in [0.2, 0.25) is 0 Å². The third-order valence-electron chi connectivity index (χ3n) is 4.03. The van der Waals surface area contributed by atoms with E-state index in [1.807, 2.05) is 24.3 Å². The van der Waals surface area contributed by atoms with Crippen molar-refractivity contribution in [3.05, 3.63) is 60.1 Å². The van der Waals surface area contributed by atoms with Gasteiger partial charge < -0.3 is 24.3 Å². The lowest BCUT2D eigenvalue weighted by molar-refractivity contribution is -0.143. The minimum absolute atomic E-state index is 0.0299. The predicted octanol–water partition coefficient (Wildman–Crippen LogP) is 3.38. The number of allylic oxidation sites excluding steroid dienone is 1. The maximum atomic E-state index is 11.9. The highest BCUT2D eigenvalue weighted by molar-refractivity contribution is 5.83. The maximum absolute atomic E-state index is 11.9. The summed E-state index contributed by atoms with van der Waals surface area (Å²) >= 11 is 0. The number of aliphatic hydroxyl groups excluding tert-OH is 1. The second kappa shape index (κ2) is 9.28. The van der Waals surface area contributed by atoms with Gasteiger partial charge in [0.05, 0.1) is 31.2 Å². The van der Waals surface area contributed by atoms with Gasteiger partial charge in [0.15, 0.2) is 23.1 Å². The molecule has 0 saturated carbocycles. The van der Waals surface area contributed by atoms with E-state index in [0.29, 0.717) is 17.0 Å². The fraction of sp³-hybridized carbons (Fsp3) is 0.190. The van der Waals surface area contributed by atoms with Crippen LogP contribution in [0.15, 0.2) is 54.3 Å². The fourth-order valence-corrected chi connectivity index (χ4v) is 2.60. The van der Waals surface area contributed by atoms with E-state index in [-0.39, 0.29) is 30.2 Å². The molecule has 0 aliphatic heterocycles. The molecule has 0 unspecified atom stereocenters. The number of para-hydroxylation sites is 4. The lowest BCUT2D eigenvalue weighted by atomic mass is 10.2. The molecular weight excluding hydrogens is 374 g/mol. The molecule has 1 aromatic heterocycles. The van der Waals surface area contributed by atoms with Gasteiger partial charge in [-0.2, -0.15) is 5.26 Å². The minimum Gasteiger partial charge on any atom is -0.507 e. The summed E-state index contributed by atoms with van der Waals surface area (Å²) in [6, 6.07) is 16.2. The van der Waals surface area contributed by atoms with E-state index in [1.165, 1.54) is 7.11 Å². The van der Waals surface area contributed by atoms with E-state index in [1.54, 1.807) is 30.3 Å². The summed E-state index contributed by atoms with van der Waals surface area (Å²) in [5, 5.41) is 19.5. The lowest BCUT2D eigenvalue weighted by Crippen LogP contribution is -2.12. The van der Waals surface area contributed by atoms with Crippen LogP contribution in [-0.2, 0) is 9.53 Å². The minimum atomic E-state index is -0.576. The molecule has 0 aliphatic rings. The number of hydrogen-bond donors (Lipinski definition) is 2. The number of methoxy groups -OCH3 is 1. The number of hydrogen-bond acceptors (Lipinski definition) is 7. The molecule has 2 aromatic carbocycles. The Kier molecular flexibility index (Phi) is 6.32. The molecule has 2 N–H and O–H groups in total. The van der Waals surface area contributed by atoms with Crippen molar-refractivity contribution in [2.45, 2.75) is 6.42 Å². The van der Waals surface area contributed by atoms with Gasteiger partial charge in [0.25, 0.3) is 0 Å².